The highest BCUT2D eigenvalue weighted by Gasteiger charge is 2.32. The van der Waals surface area contributed by atoms with Crippen molar-refractivity contribution in [2.24, 2.45) is 0 Å². The van der Waals surface area contributed by atoms with E-state index in [1.54, 1.807) is 29.2 Å². The number of piperidine rings is 1. The van der Waals surface area contributed by atoms with Crippen molar-refractivity contribution < 1.29 is 18.7 Å². The molecule has 1 saturated heterocycles. The monoisotopic (exact) mass is 543 g/mol. The molecule has 3 heterocycles. The normalized spacial score (nSPS) is 17.2. The first-order chi connectivity index (χ1) is 16.5. The summed E-state index contributed by atoms with van der Waals surface area (Å²) in [6.07, 6.45) is 3.34. The second kappa shape index (κ2) is 9.84. The van der Waals surface area contributed by atoms with Crippen molar-refractivity contribution in [1.82, 2.24) is 15.2 Å². The first-order valence-corrected chi connectivity index (χ1v) is 12.9. The first kappa shape index (κ1) is 23.0. The summed E-state index contributed by atoms with van der Waals surface area (Å²) in [5.74, 6) is -0.0386. The number of halogens is 2. The number of hydrogen-bond donors (Lipinski definition) is 1. The summed E-state index contributed by atoms with van der Waals surface area (Å²) in [5.41, 5.74) is 2.14. The number of likely N-dealkylation sites (tertiary alicyclic amines) is 1. The molecular weight excluding hydrogens is 521 g/mol. The molecule has 34 heavy (non-hydrogen) atoms. The standard InChI is InChI=1S/C25H23BrFN3O3S/c26-25-29-21(22(34-25)18-7-1-2-9-19(18)27)24(32)30-12-4-3-6-15(30)14-28-23(31)17-8-5-10-20-16(17)11-13-33-20/h1-2,5,7-10,15H,3-4,6,11-14H2,(H,28,31)/t15-/m0/s1. The summed E-state index contributed by atoms with van der Waals surface area (Å²) >= 11 is 4.60. The predicted molar refractivity (Wildman–Crippen MR) is 132 cm³/mol. The summed E-state index contributed by atoms with van der Waals surface area (Å²) in [4.78, 5) is 33.2. The maximum atomic E-state index is 14.5. The molecule has 6 nitrogen and oxygen atoms in total. The molecule has 9 heteroatoms. The minimum absolute atomic E-state index is 0.160. The van der Waals surface area contributed by atoms with Gasteiger partial charge in [0.05, 0.1) is 11.5 Å². The van der Waals surface area contributed by atoms with Crippen molar-refractivity contribution in [3.63, 3.8) is 0 Å². The van der Waals surface area contributed by atoms with Gasteiger partial charge >= 0.3 is 0 Å². The number of thiazole rings is 1. The molecule has 2 amide bonds. The fourth-order valence-corrected chi connectivity index (χ4v) is 6.10. The van der Waals surface area contributed by atoms with Crippen LogP contribution >= 0.6 is 27.3 Å². The van der Waals surface area contributed by atoms with Crippen LogP contribution in [0.15, 0.2) is 46.4 Å². The van der Waals surface area contributed by atoms with Crippen LogP contribution in [0.25, 0.3) is 10.4 Å². The van der Waals surface area contributed by atoms with Crippen molar-refractivity contribution in [2.75, 3.05) is 19.7 Å². The van der Waals surface area contributed by atoms with Gasteiger partial charge in [-0.2, -0.15) is 0 Å². The summed E-state index contributed by atoms with van der Waals surface area (Å²) < 4.78 is 20.6. The summed E-state index contributed by atoms with van der Waals surface area (Å²) in [5, 5.41) is 3.02. The molecule has 0 unspecified atom stereocenters. The molecule has 5 rings (SSSR count). The molecule has 0 bridgehead atoms. The van der Waals surface area contributed by atoms with Crippen molar-refractivity contribution in [3.8, 4) is 16.2 Å². The fraction of sp³-hybridized carbons (Fsp3) is 0.320. The Balaban J connectivity index is 1.35. The molecule has 0 aliphatic carbocycles. The zero-order valence-corrected chi connectivity index (χ0v) is 20.8. The van der Waals surface area contributed by atoms with Gasteiger partial charge in [-0.1, -0.05) is 24.3 Å². The number of ether oxygens (including phenoxy) is 1. The molecule has 3 aromatic rings. The number of hydrogen-bond acceptors (Lipinski definition) is 5. The third-order valence-corrected chi connectivity index (χ3v) is 7.84. The number of fused-ring (bicyclic) bond motifs is 1. The summed E-state index contributed by atoms with van der Waals surface area (Å²) in [7, 11) is 0. The number of rotatable bonds is 5. The smallest absolute Gasteiger partial charge is 0.274 e. The maximum absolute atomic E-state index is 14.5. The molecule has 0 saturated carbocycles. The number of aromatic nitrogens is 1. The Labute approximate surface area is 209 Å². The van der Waals surface area contributed by atoms with Crippen molar-refractivity contribution in [3.05, 3.63) is 69.0 Å². The highest BCUT2D eigenvalue weighted by molar-refractivity contribution is 9.11. The molecule has 1 N–H and O–H groups in total. The summed E-state index contributed by atoms with van der Waals surface area (Å²) in [6, 6.07) is 11.7. The van der Waals surface area contributed by atoms with Crippen LogP contribution < -0.4 is 10.1 Å². The van der Waals surface area contributed by atoms with Crippen molar-refractivity contribution in [1.29, 1.82) is 0 Å². The zero-order valence-electron chi connectivity index (χ0n) is 18.4. The van der Waals surface area contributed by atoms with Crippen LogP contribution in [-0.4, -0.2) is 47.4 Å². The van der Waals surface area contributed by atoms with Crippen LogP contribution in [0.2, 0.25) is 0 Å². The molecule has 176 valence electrons. The highest BCUT2D eigenvalue weighted by Crippen LogP contribution is 2.36. The molecule has 0 radical (unpaired) electrons. The number of nitrogens with zero attached hydrogens (tertiary/aromatic N) is 2. The molecule has 1 atom stereocenters. The van der Waals surface area contributed by atoms with Gasteiger partial charge in [-0.3, -0.25) is 9.59 Å². The average molecular weight is 544 g/mol. The van der Waals surface area contributed by atoms with Gasteiger partial charge in [0.25, 0.3) is 11.8 Å². The third kappa shape index (κ3) is 4.46. The fourth-order valence-electron chi connectivity index (χ4n) is 4.62. The number of benzene rings is 2. The van der Waals surface area contributed by atoms with E-state index in [1.807, 2.05) is 12.1 Å². The minimum atomic E-state index is -0.394. The van der Waals surface area contributed by atoms with E-state index in [9.17, 15) is 14.0 Å². The maximum Gasteiger partial charge on any atom is 0.274 e. The Kier molecular flexibility index (Phi) is 6.65. The van der Waals surface area contributed by atoms with Gasteiger partial charge < -0.3 is 15.0 Å². The molecule has 1 fully saturated rings. The van der Waals surface area contributed by atoms with E-state index in [0.717, 1.165) is 30.6 Å². The van der Waals surface area contributed by atoms with E-state index >= 15 is 0 Å². The van der Waals surface area contributed by atoms with Crippen LogP contribution in [0.1, 0.15) is 45.7 Å². The van der Waals surface area contributed by atoms with Crippen LogP contribution in [0.3, 0.4) is 0 Å². The van der Waals surface area contributed by atoms with Crippen molar-refractivity contribution >= 4 is 39.1 Å². The van der Waals surface area contributed by atoms with Gasteiger partial charge in [0.1, 0.15) is 17.3 Å². The molecular formula is C25H23BrFN3O3S. The van der Waals surface area contributed by atoms with Crippen molar-refractivity contribution in [2.45, 2.75) is 31.7 Å². The lowest BCUT2D eigenvalue weighted by molar-refractivity contribution is 0.0598. The minimum Gasteiger partial charge on any atom is -0.493 e. The van der Waals surface area contributed by atoms with Crippen LogP contribution in [0, 0.1) is 5.82 Å². The molecule has 1 aromatic heterocycles. The second-order valence-electron chi connectivity index (χ2n) is 8.36. The van der Waals surface area contributed by atoms with Crippen LogP contribution in [0.5, 0.6) is 5.75 Å². The van der Waals surface area contributed by atoms with Gasteiger partial charge in [0, 0.05) is 42.2 Å². The Hall–Kier alpha value is -2.78. The van der Waals surface area contributed by atoms with Gasteiger partial charge in [0.2, 0.25) is 0 Å². The summed E-state index contributed by atoms with van der Waals surface area (Å²) in [6.45, 7) is 1.49. The molecule has 2 aromatic carbocycles. The number of amides is 2. The van der Waals surface area contributed by atoms with Gasteiger partial charge in [-0.05, 0) is 53.4 Å². The van der Waals surface area contributed by atoms with E-state index in [1.165, 1.54) is 17.4 Å². The molecule has 2 aliphatic heterocycles. The van der Waals surface area contributed by atoms with E-state index in [0.29, 0.717) is 46.0 Å². The van der Waals surface area contributed by atoms with E-state index < -0.39 is 5.82 Å². The number of carbonyl (C=O) groups excluding carboxylic acids is 2. The lowest BCUT2D eigenvalue weighted by atomic mass is 10.00. The van der Waals surface area contributed by atoms with Gasteiger partial charge in [0.15, 0.2) is 3.92 Å². The van der Waals surface area contributed by atoms with Gasteiger partial charge in [-0.25, -0.2) is 9.37 Å². The Bertz CT molecular complexity index is 1250. The number of nitrogens with one attached hydrogen (secondary N) is 1. The lowest BCUT2D eigenvalue weighted by Gasteiger charge is -2.35. The predicted octanol–water partition coefficient (Wildman–Crippen LogP) is 5.07. The SMILES string of the molecule is O=C(NC[C@@H]1CCCCN1C(=O)c1nc(Br)sc1-c1ccccc1F)c1cccc2c1CCO2. The van der Waals surface area contributed by atoms with Gasteiger partial charge in [-0.15, -0.1) is 11.3 Å². The first-order valence-electron chi connectivity index (χ1n) is 11.3. The quantitative estimate of drug-likeness (QED) is 0.487. The largest absolute Gasteiger partial charge is 0.493 e. The van der Waals surface area contributed by atoms with Crippen LogP contribution in [0.4, 0.5) is 4.39 Å². The zero-order chi connectivity index (χ0) is 23.7. The lowest BCUT2D eigenvalue weighted by Crippen LogP contribution is -2.49. The Morgan fingerprint density at radius 1 is 1.21 bits per heavy atom. The third-order valence-electron chi connectivity index (χ3n) is 6.30. The molecule has 0 spiro atoms. The highest BCUT2D eigenvalue weighted by atomic mass is 79.9. The topological polar surface area (TPSA) is 71.5 Å². The van der Waals surface area contributed by atoms with E-state index in [2.05, 4.69) is 26.2 Å². The number of carbonyl (C=O) groups is 2. The van der Waals surface area contributed by atoms with Crippen LogP contribution in [-0.2, 0) is 6.42 Å². The Morgan fingerprint density at radius 3 is 2.91 bits per heavy atom. The Morgan fingerprint density at radius 2 is 2.06 bits per heavy atom. The van der Waals surface area contributed by atoms with E-state index in [4.69, 9.17) is 4.74 Å². The second-order valence-corrected chi connectivity index (χ2v) is 10.6. The average Bonchev–Trinajstić information content (AvgIpc) is 3.49. The van der Waals surface area contributed by atoms with E-state index in [-0.39, 0.29) is 23.6 Å². The molecule has 2 aliphatic rings.